The molecule has 3 N–H and O–H groups in total. The molecule has 0 saturated heterocycles. The van der Waals surface area contributed by atoms with E-state index in [1.807, 2.05) is 26.0 Å². The summed E-state index contributed by atoms with van der Waals surface area (Å²) >= 11 is 0. The molecule has 1 aliphatic rings. The standard InChI is InChI=1S/C16H24N2O/c1-11-8-9-12(2)15(10-11)18-16(19)13-6-4-3-5-7-14(13)17/h8-10,13-14H,3-7,17H2,1-2H3,(H,18,19). The van der Waals surface area contributed by atoms with Gasteiger partial charge in [-0.2, -0.15) is 0 Å². The first-order valence-electron chi connectivity index (χ1n) is 7.21. The Morgan fingerprint density at radius 3 is 2.74 bits per heavy atom. The molecule has 0 aliphatic heterocycles. The Hall–Kier alpha value is -1.35. The molecule has 0 heterocycles. The van der Waals surface area contributed by atoms with Crippen molar-refractivity contribution in [1.29, 1.82) is 0 Å². The molecule has 1 saturated carbocycles. The number of anilines is 1. The number of hydrogen-bond acceptors (Lipinski definition) is 2. The van der Waals surface area contributed by atoms with E-state index < -0.39 is 0 Å². The van der Waals surface area contributed by atoms with Gasteiger partial charge in [0.1, 0.15) is 0 Å². The lowest BCUT2D eigenvalue weighted by Gasteiger charge is -2.21. The zero-order valence-corrected chi connectivity index (χ0v) is 11.9. The van der Waals surface area contributed by atoms with Gasteiger partial charge in [-0.15, -0.1) is 0 Å². The monoisotopic (exact) mass is 260 g/mol. The highest BCUT2D eigenvalue weighted by Gasteiger charge is 2.27. The number of amides is 1. The van der Waals surface area contributed by atoms with Crippen molar-refractivity contribution in [3.8, 4) is 0 Å². The molecular formula is C16H24N2O. The van der Waals surface area contributed by atoms with Crippen molar-refractivity contribution in [1.82, 2.24) is 0 Å². The van der Waals surface area contributed by atoms with E-state index in [2.05, 4.69) is 11.4 Å². The van der Waals surface area contributed by atoms with E-state index in [4.69, 9.17) is 5.73 Å². The van der Waals surface area contributed by atoms with E-state index in [9.17, 15) is 4.79 Å². The molecule has 0 radical (unpaired) electrons. The van der Waals surface area contributed by atoms with Gasteiger partial charge in [0.2, 0.25) is 5.91 Å². The second kappa shape index (κ2) is 6.20. The predicted octanol–water partition coefficient (Wildman–Crippen LogP) is 3.15. The molecule has 104 valence electrons. The maximum Gasteiger partial charge on any atom is 0.229 e. The first kappa shape index (κ1) is 14.1. The highest BCUT2D eigenvalue weighted by molar-refractivity contribution is 5.93. The molecule has 1 aromatic rings. The van der Waals surface area contributed by atoms with Crippen molar-refractivity contribution < 1.29 is 4.79 Å². The van der Waals surface area contributed by atoms with Crippen LogP contribution in [0.4, 0.5) is 5.69 Å². The maximum absolute atomic E-state index is 12.4. The van der Waals surface area contributed by atoms with Crippen LogP contribution in [-0.4, -0.2) is 11.9 Å². The lowest BCUT2D eigenvalue weighted by molar-refractivity contribution is -0.120. The molecule has 2 rings (SSSR count). The number of nitrogens with two attached hydrogens (primary N) is 1. The molecule has 3 nitrogen and oxygen atoms in total. The molecule has 3 heteroatoms. The Balaban J connectivity index is 2.09. The fraction of sp³-hybridized carbons (Fsp3) is 0.562. The van der Waals surface area contributed by atoms with Crippen LogP contribution in [0.3, 0.4) is 0 Å². The Kier molecular flexibility index (Phi) is 4.59. The lowest BCUT2D eigenvalue weighted by atomic mass is 9.94. The summed E-state index contributed by atoms with van der Waals surface area (Å²) in [5.41, 5.74) is 9.32. The number of benzene rings is 1. The highest BCUT2D eigenvalue weighted by Crippen LogP contribution is 2.24. The third-order valence-electron chi connectivity index (χ3n) is 4.06. The van der Waals surface area contributed by atoms with Crippen LogP contribution in [0, 0.1) is 19.8 Å². The van der Waals surface area contributed by atoms with Crippen LogP contribution in [0.2, 0.25) is 0 Å². The molecular weight excluding hydrogens is 236 g/mol. The second-order valence-corrected chi connectivity index (χ2v) is 5.72. The smallest absolute Gasteiger partial charge is 0.229 e. The quantitative estimate of drug-likeness (QED) is 0.803. The summed E-state index contributed by atoms with van der Waals surface area (Å²) in [6.07, 6.45) is 5.33. The number of aryl methyl sites for hydroxylation is 2. The van der Waals surface area contributed by atoms with Crippen molar-refractivity contribution in [3.63, 3.8) is 0 Å². The summed E-state index contributed by atoms with van der Waals surface area (Å²) in [6, 6.07) is 6.13. The van der Waals surface area contributed by atoms with Gasteiger partial charge in [-0.1, -0.05) is 31.4 Å². The molecule has 1 fully saturated rings. The van der Waals surface area contributed by atoms with Crippen molar-refractivity contribution in [2.45, 2.75) is 52.0 Å². The van der Waals surface area contributed by atoms with Crippen LogP contribution in [0.1, 0.15) is 43.2 Å². The molecule has 1 aromatic carbocycles. The Labute approximate surface area is 115 Å². The zero-order chi connectivity index (χ0) is 13.8. The molecule has 0 spiro atoms. The van der Waals surface area contributed by atoms with Crippen molar-refractivity contribution in [3.05, 3.63) is 29.3 Å². The van der Waals surface area contributed by atoms with Crippen LogP contribution in [0.25, 0.3) is 0 Å². The summed E-state index contributed by atoms with van der Waals surface area (Å²) in [6.45, 7) is 4.05. The van der Waals surface area contributed by atoms with Gasteiger partial charge in [-0.25, -0.2) is 0 Å². The minimum absolute atomic E-state index is 0.00705. The molecule has 19 heavy (non-hydrogen) atoms. The average molecular weight is 260 g/mol. The fourth-order valence-electron chi connectivity index (χ4n) is 2.76. The topological polar surface area (TPSA) is 55.1 Å². The van der Waals surface area contributed by atoms with Gasteiger partial charge < -0.3 is 11.1 Å². The van der Waals surface area contributed by atoms with Crippen molar-refractivity contribution >= 4 is 11.6 Å². The lowest BCUT2D eigenvalue weighted by Crippen LogP contribution is -2.37. The second-order valence-electron chi connectivity index (χ2n) is 5.72. The largest absolute Gasteiger partial charge is 0.327 e. The van der Waals surface area contributed by atoms with Gasteiger partial charge in [-0.3, -0.25) is 4.79 Å². The summed E-state index contributed by atoms with van der Waals surface area (Å²) < 4.78 is 0. The van der Waals surface area contributed by atoms with Gasteiger partial charge in [-0.05, 0) is 43.9 Å². The first-order chi connectivity index (χ1) is 9.08. The summed E-state index contributed by atoms with van der Waals surface area (Å²) in [5, 5.41) is 3.06. The maximum atomic E-state index is 12.4. The van der Waals surface area contributed by atoms with Crippen LogP contribution < -0.4 is 11.1 Å². The fourth-order valence-corrected chi connectivity index (χ4v) is 2.76. The highest BCUT2D eigenvalue weighted by atomic mass is 16.1. The van der Waals surface area contributed by atoms with E-state index >= 15 is 0 Å². The van der Waals surface area contributed by atoms with Gasteiger partial charge in [0.05, 0.1) is 5.92 Å². The SMILES string of the molecule is Cc1ccc(C)c(NC(=O)C2CCCCCC2N)c1. The number of nitrogens with one attached hydrogen (secondary N) is 1. The normalized spacial score (nSPS) is 23.7. The molecule has 2 atom stereocenters. The minimum atomic E-state index is -0.0394. The third kappa shape index (κ3) is 3.57. The Morgan fingerprint density at radius 2 is 1.95 bits per heavy atom. The van der Waals surface area contributed by atoms with Gasteiger partial charge in [0.25, 0.3) is 0 Å². The Bertz CT molecular complexity index is 456. The predicted molar refractivity (Wildman–Crippen MR) is 79.1 cm³/mol. The van der Waals surface area contributed by atoms with E-state index in [1.165, 1.54) is 6.42 Å². The molecule has 1 aliphatic carbocycles. The van der Waals surface area contributed by atoms with E-state index in [-0.39, 0.29) is 17.9 Å². The van der Waals surface area contributed by atoms with E-state index in [0.717, 1.165) is 42.5 Å². The third-order valence-corrected chi connectivity index (χ3v) is 4.06. The van der Waals surface area contributed by atoms with E-state index in [0.29, 0.717) is 0 Å². The van der Waals surface area contributed by atoms with Gasteiger partial charge in [0, 0.05) is 11.7 Å². The van der Waals surface area contributed by atoms with Gasteiger partial charge in [0.15, 0.2) is 0 Å². The van der Waals surface area contributed by atoms with Crippen LogP contribution in [-0.2, 0) is 4.79 Å². The van der Waals surface area contributed by atoms with Crippen LogP contribution in [0.15, 0.2) is 18.2 Å². The van der Waals surface area contributed by atoms with Crippen molar-refractivity contribution in [2.75, 3.05) is 5.32 Å². The molecule has 2 unspecified atom stereocenters. The summed E-state index contributed by atoms with van der Waals surface area (Å²) in [5.74, 6) is 0.0468. The summed E-state index contributed by atoms with van der Waals surface area (Å²) in [4.78, 5) is 12.4. The zero-order valence-electron chi connectivity index (χ0n) is 11.9. The number of carbonyl (C=O) groups excluding carboxylic acids is 1. The summed E-state index contributed by atoms with van der Waals surface area (Å²) in [7, 11) is 0. The van der Waals surface area contributed by atoms with Gasteiger partial charge >= 0.3 is 0 Å². The molecule has 0 aromatic heterocycles. The average Bonchev–Trinajstić information content (AvgIpc) is 2.58. The van der Waals surface area contributed by atoms with Crippen molar-refractivity contribution in [2.24, 2.45) is 11.7 Å². The number of rotatable bonds is 2. The van der Waals surface area contributed by atoms with E-state index in [1.54, 1.807) is 0 Å². The van der Waals surface area contributed by atoms with Crippen LogP contribution >= 0.6 is 0 Å². The first-order valence-corrected chi connectivity index (χ1v) is 7.21. The molecule has 1 amide bonds. The minimum Gasteiger partial charge on any atom is -0.327 e. The Morgan fingerprint density at radius 1 is 1.21 bits per heavy atom. The van der Waals surface area contributed by atoms with Crippen LogP contribution in [0.5, 0.6) is 0 Å². The number of hydrogen-bond donors (Lipinski definition) is 2. The molecule has 0 bridgehead atoms. The number of carbonyl (C=O) groups is 1.